The molecule has 1 fully saturated rings. The van der Waals surface area contributed by atoms with Gasteiger partial charge in [-0.05, 0) is 31.2 Å². The minimum Gasteiger partial charge on any atom is -0.468 e. The summed E-state index contributed by atoms with van der Waals surface area (Å²) in [4.78, 5) is 13.5. The lowest BCUT2D eigenvalue weighted by Crippen LogP contribution is -2.49. The Kier molecular flexibility index (Phi) is 5.15. The molecule has 4 nitrogen and oxygen atoms in total. The number of ether oxygens (including phenoxy) is 1. The zero-order valence-corrected chi connectivity index (χ0v) is 12.3. The zero-order valence-electron chi connectivity index (χ0n) is 12.3. The lowest BCUT2D eigenvalue weighted by Gasteiger charge is -2.35. The first-order valence-electron chi connectivity index (χ1n) is 7.17. The molecule has 20 heavy (non-hydrogen) atoms. The van der Waals surface area contributed by atoms with Crippen LogP contribution in [-0.4, -0.2) is 43.7 Å². The van der Waals surface area contributed by atoms with Crippen LogP contribution in [0.25, 0.3) is 0 Å². The van der Waals surface area contributed by atoms with E-state index in [4.69, 9.17) is 10.5 Å². The maximum atomic E-state index is 11.4. The highest BCUT2D eigenvalue weighted by Gasteiger charge is 2.26. The number of piperidine rings is 1. The molecular weight excluding hydrogens is 252 g/mol. The molecule has 0 spiro atoms. The van der Waals surface area contributed by atoms with Gasteiger partial charge in [0, 0.05) is 19.1 Å². The predicted molar refractivity (Wildman–Crippen MR) is 79.4 cm³/mol. The van der Waals surface area contributed by atoms with Crippen molar-refractivity contribution in [2.75, 3.05) is 26.7 Å². The number of rotatable bonds is 4. The second-order valence-corrected chi connectivity index (χ2v) is 5.82. The smallest absolute Gasteiger partial charge is 0.319 e. The first-order chi connectivity index (χ1) is 9.56. The highest BCUT2D eigenvalue weighted by Crippen LogP contribution is 2.20. The van der Waals surface area contributed by atoms with Crippen LogP contribution in [0.2, 0.25) is 0 Å². The molecule has 1 aromatic rings. The fourth-order valence-electron chi connectivity index (χ4n) is 2.93. The molecule has 2 unspecified atom stereocenters. The van der Waals surface area contributed by atoms with Crippen LogP contribution in [0.15, 0.2) is 24.3 Å². The molecule has 1 heterocycles. The van der Waals surface area contributed by atoms with Crippen LogP contribution < -0.4 is 5.73 Å². The van der Waals surface area contributed by atoms with Crippen molar-refractivity contribution in [2.24, 2.45) is 11.7 Å². The number of carbonyl (C=O) groups is 1. The molecule has 1 aromatic carbocycles. The van der Waals surface area contributed by atoms with Gasteiger partial charge in [0.15, 0.2) is 0 Å². The van der Waals surface area contributed by atoms with Gasteiger partial charge >= 0.3 is 5.97 Å². The Balaban J connectivity index is 1.93. The highest BCUT2D eigenvalue weighted by molar-refractivity contribution is 5.71. The second-order valence-electron chi connectivity index (χ2n) is 5.82. The Labute approximate surface area is 120 Å². The van der Waals surface area contributed by atoms with E-state index in [1.54, 1.807) is 0 Å². The minimum atomic E-state index is -0.187. The summed E-state index contributed by atoms with van der Waals surface area (Å²) in [6, 6.07) is 8.79. The van der Waals surface area contributed by atoms with E-state index in [0.717, 1.165) is 25.9 Å². The number of benzene rings is 1. The first kappa shape index (κ1) is 15.0. The molecule has 1 aliphatic heterocycles. The fraction of sp³-hybridized carbons (Fsp3) is 0.562. The molecule has 2 atom stereocenters. The third-order valence-electron chi connectivity index (χ3n) is 3.87. The average Bonchev–Trinajstić information content (AvgIpc) is 2.40. The van der Waals surface area contributed by atoms with Crippen molar-refractivity contribution in [3.05, 3.63) is 35.4 Å². The molecule has 0 aromatic heterocycles. The summed E-state index contributed by atoms with van der Waals surface area (Å²) in [5, 5.41) is 0. The molecule has 0 bridgehead atoms. The van der Waals surface area contributed by atoms with Gasteiger partial charge in [0.25, 0.3) is 0 Å². The predicted octanol–water partition coefficient (Wildman–Crippen LogP) is 1.36. The van der Waals surface area contributed by atoms with E-state index in [0.29, 0.717) is 12.5 Å². The van der Waals surface area contributed by atoms with Crippen molar-refractivity contribution in [3.63, 3.8) is 0 Å². The average molecular weight is 276 g/mol. The summed E-state index contributed by atoms with van der Waals surface area (Å²) in [6.45, 7) is 4.13. The van der Waals surface area contributed by atoms with Crippen molar-refractivity contribution in [1.82, 2.24) is 4.90 Å². The lowest BCUT2D eigenvalue weighted by molar-refractivity contribution is -0.142. The SMILES string of the molecule is COC(=O)CN1CC(N)CC(Cc2ccc(C)cc2)C1. The number of nitrogens with two attached hydrogens (primary N) is 1. The monoisotopic (exact) mass is 276 g/mol. The van der Waals surface area contributed by atoms with Gasteiger partial charge in [-0.2, -0.15) is 0 Å². The van der Waals surface area contributed by atoms with Gasteiger partial charge in [-0.3, -0.25) is 9.69 Å². The van der Waals surface area contributed by atoms with Gasteiger partial charge in [-0.25, -0.2) is 0 Å². The van der Waals surface area contributed by atoms with E-state index in [-0.39, 0.29) is 12.0 Å². The zero-order chi connectivity index (χ0) is 14.5. The Morgan fingerprint density at radius 1 is 1.35 bits per heavy atom. The standard InChI is InChI=1S/C16H24N2O2/c1-12-3-5-13(6-4-12)7-14-8-15(17)10-18(9-14)11-16(19)20-2/h3-6,14-15H,7-11,17H2,1-2H3. The van der Waals surface area contributed by atoms with Crippen molar-refractivity contribution in [1.29, 1.82) is 0 Å². The third kappa shape index (κ3) is 4.32. The topological polar surface area (TPSA) is 55.6 Å². The van der Waals surface area contributed by atoms with Crippen LogP contribution in [-0.2, 0) is 16.0 Å². The Hall–Kier alpha value is -1.39. The van der Waals surface area contributed by atoms with Gasteiger partial charge < -0.3 is 10.5 Å². The largest absolute Gasteiger partial charge is 0.468 e. The molecule has 0 saturated carbocycles. The summed E-state index contributed by atoms with van der Waals surface area (Å²) in [5.41, 5.74) is 8.74. The minimum absolute atomic E-state index is 0.142. The van der Waals surface area contributed by atoms with E-state index >= 15 is 0 Å². The van der Waals surface area contributed by atoms with Crippen LogP contribution in [0.4, 0.5) is 0 Å². The molecule has 4 heteroatoms. The maximum absolute atomic E-state index is 11.4. The van der Waals surface area contributed by atoms with E-state index in [2.05, 4.69) is 36.1 Å². The highest BCUT2D eigenvalue weighted by atomic mass is 16.5. The van der Waals surface area contributed by atoms with Gasteiger partial charge in [0.05, 0.1) is 13.7 Å². The van der Waals surface area contributed by atoms with E-state index < -0.39 is 0 Å². The Morgan fingerprint density at radius 3 is 2.70 bits per heavy atom. The van der Waals surface area contributed by atoms with Gasteiger partial charge in [-0.1, -0.05) is 29.8 Å². The second kappa shape index (κ2) is 6.86. The molecular formula is C16H24N2O2. The molecule has 1 saturated heterocycles. The van der Waals surface area contributed by atoms with Gasteiger partial charge in [0.2, 0.25) is 0 Å². The normalized spacial score (nSPS) is 23.6. The van der Waals surface area contributed by atoms with Gasteiger partial charge in [-0.15, -0.1) is 0 Å². The van der Waals surface area contributed by atoms with Crippen LogP contribution >= 0.6 is 0 Å². The molecule has 2 rings (SSSR count). The lowest BCUT2D eigenvalue weighted by atomic mass is 9.89. The molecule has 0 radical (unpaired) electrons. The quantitative estimate of drug-likeness (QED) is 0.844. The number of likely N-dealkylation sites (tertiary alicyclic amines) is 1. The van der Waals surface area contributed by atoms with E-state index in [9.17, 15) is 4.79 Å². The van der Waals surface area contributed by atoms with Crippen LogP contribution in [0, 0.1) is 12.8 Å². The summed E-state index contributed by atoms with van der Waals surface area (Å²) in [5.74, 6) is 0.319. The fourth-order valence-corrected chi connectivity index (χ4v) is 2.93. The summed E-state index contributed by atoms with van der Waals surface area (Å²) in [6.07, 6.45) is 2.04. The van der Waals surface area contributed by atoms with Crippen molar-refractivity contribution < 1.29 is 9.53 Å². The number of nitrogens with zero attached hydrogens (tertiary/aromatic N) is 1. The molecule has 110 valence electrons. The third-order valence-corrected chi connectivity index (χ3v) is 3.87. The van der Waals surface area contributed by atoms with Crippen LogP contribution in [0.3, 0.4) is 0 Å². The number of esters is 1. The molecule has 0 amide bonds. The van der Waals surface area contributed by atoms with Gasteiger partial charge in [0.1, 0.15) is 0 Å². The summed E-state index contributed by atoms with van der Waals surface area (Å²) < 4.78 is 4.73. The first-order valence-corrected chi connectivity index (χ1v) is 7.17. The maximum Gasteiger partial charge on any atom is 0.319 e. The molecule has 2 N–H and O–H groups in total. The van der Waals surface area contributed by atoms with Crippen molar-refractivity contribution >= 4 is 5.97 Å². The number of aryl methyl sites for hydroxylation is 1. The van der Waals surface area contributed by atoms with Crippen LogP contribution in [0.5, 0.6) is 0 Å². The Bertz CT molecular complexity index is 444. The molecule has 0 aliphatic carbocycles. The number of carbonyl (C=O) groups excluding carboxylic acids is 1. The summed E-state index contributed by atoms with van der Waals surface area (Å²) >= 11 is 0. The molecule has 1 aliphatic rings. The van der Waals surface area contributed by atoms with Crippen molar-refractivity contribution in [2.45, 2.75) is 25.8 Å². The number of hydrogen-bond donors (Lipinski definition) is 1. The van der Waals surface area contributed by atoms with E-state index in [1.807, 2.05) is 0 Å². The summed E-state index contributed by atoms with van der Waals surface area (Å²) in [7, 11) is 1.43. The van der Waals surface area contributed by atoms with Crippen LogP contribution in [0.1, 0.15) is 17.5 Å². The number of methoxy groups -OCH3 is 1. The van der Waals surface area contributed by atoms with Crippen molar-refractivity contribution in [3.8, 4) is 0 Å². The number of hydrogen-bond acceptors (Lipinski definition) is 4. The van der Waals surface area contributed by atoms with E-state index in [1.165, 1.54) is 18.2 Å². The Morgan fingerprint density at radius 2 is 2.05 bits per heavy atom.